The van der Waals surface area contributed by atoms with Crippen LogP contribution in [0.3, 0.4) is 0 Å². The van der Waals surface area contributed by atoms with Gasteiger partial charge in [0.1, 0.15) is 12.1 Å². The Morgan fingerprint density at radius 1 is 1.26 bits per heavy atom. The zero-order chi connectivity index (χ0) is 27.7. The maximum Gasteiger partial charge on any atom is 0.231 e. The molecular weight excluding hydrogens is 506 g/mol. The Morgan fingerprint density at radius 3 is 2.69 bits per heavy atom. The van der Waals surface area contributed by atoms with Crippen LogP contribution in [0, 0.1) is 17.6 Å². The first-order valence-electron chi connectivity index (χ1n) is 13.1. The number of anilines is 2. The molecule has 208 valence electrons. The van der Waals surface area contributed by atoms with E-state index < -0.39 is 17.3 Å². The van der Waals surface area contributed by atoms with Crippen molar-refractivity contribution in [2.24, 2.45) is 18.7 Å². The quantitative estimate of drug-likeness (QED) is 0.358. The third kappa shape index (κ3) is 6.17. The minimum Gasteiger partial charge on any atom is -0.388 e. The van der Waals surface area contributed by atoms with E-state index in [1.807, 2.05) is 17.2 Å². The predicted octanol–water partition coefficient (Wildman–Crippen LogP) is 2.29. The Kier molecular flexibility index (Phi) is 7.50. The standard InChI is InChI=1S/C27H34F2N8O2/c1-27(39)15-36(14-23(30)38)8-7-20(27)11-31-25-24(29)26(33-16-32-25)37(21-5-6-21)13-18-4-3-17(9-22(18)28)19-10-34-35(2)12-19/h3-4,9-10,12,16,20-21,39H,5-8,11,13-15H2,1-2H3,(H2,30,38)(H,31,32,33)/t20-,27-/m0/s1. The summed E-state index contributed by atoms with van der Waals surface area (Å²) in [4.78, 5) is 23.2. The van der Waals surface area contributed by atoms with Crippen molar-refractivity contribution in [1.82, 2.24) is 24.6 Å². The third-order valence-electron chi connectivity index (χ3n) is 7.58. The number of piperidine rings is 1. The second-order valence-corrected chi connectivity index (χ2v) is 10.8. The number of likely N-dealkylation sites (tertiary alicyclic amines) is 1. The summed E-state index contributed by atoms with van der Waals surface area (Å²) in [5.74, 6) is -1.46. The van der Waals surface area contributed by atoms with Gasteiger partial charge in [0.2, 0.25) is 11.7 Å². The van der Waals surface area contributed by atoms with Crippen LogP contribution in [0.5, 0.6) is 0 Å². The number of nitrogens with one attached hydrogen (secondary N) is 1. The number of hydrogen-bond acceptors (Lipinski definition) is 8. The van der Waals surface area contributed by atoms with Crippen molar-refractivity contribution in [1.29, 1.82) is 0 Å². The van der Waals surface area contributed by atoms with Gasteiger partial charge in [0.05, 0.1) is 18.3 Å². The van der Waals surface area contributed by atoms with Gasteiger partial charge < -0.3 is 21.1 Å². The summed E-state index contributed by atoms with van der Waals surface area (Å²) in [5, 5.41) is 18.2. The van der Waals surface area contributed by atoms with E-state index in [1.165, 1.54) is 12.4 Å². The minimum atomic E-state index is -1.09. The highest BCUT2D eigenvalue weighted by molar-refractivity contribution is 5.76. The fraction of sp³-hybridized carbons (Fsp3) is 0.481. The van der Waals surface area contributed by atoms with Crippen molar-refractivity contribution < 1.29 is 18.7 Å². The van der Waals surface area contributed by atoms with E-state index in [9.17, 15) is 9.90 Å². The van der Waals surface area contributed by atoms with Crippen LogP contribution in [-0.4, -0.2) is 73.5 Å². The van der Waals surface area contributed by atoms with E-state index in [2.05, 4.69) is 20.4 Å². The highest BCUT2D eigenvalue weighted by Crippen LogP contribution is 2.36. The molecule has 1 aromatic carbocycles. The average molecular weight is 541 g/mol. The molecule has 4 N–H and O–H groups in total. The number of aliphatic hydroxyl groups is 1. The topological polar surface area (TPSA) is 125 Å². The highest BCUT2D eigenvalue weighted by Gasteiger charge is 2.38. The van der Waals surface area contributed by atoms with Gasteiger partial charge in [-0.15, -0.1) is 0 Å². The molecular formula is C27H34F2N8O2. The second kappa shape index (κ2) is 10.9. The zero-order valence-electron chi connectivity index (χ0n) is 22.1. The third-order valence-corrected chi connectivity index (χ3v) is 7.58. The molecule has 10 nitrogen and oxygen atoms in total. The Labute approximate surface area is 225 Å². The van der Waals surface area contributed by atoms with Gasteiger partial charge in [-0.2, -0.15) is 9.49 Å². The van der Waals surface area contributed by atoms with E-state index in [-0.39, 0.29) is 42.5 Å². The smallest absolute Gasteiger partial charge is 0.231 e. The zero-order valence-corrected chi connectivity index (χ0v) is 22.1. The number of primary amides is 1. The van der Waals surface area contributed by atoms with Gasteiger partial charge in [0, 0.05) is 56.0 Å². The number of carbonyl (C=O) groups is 1. The molecule has 0 unspecified atom stereocenters. The van der Waals surface area contributed by atoms with Crippen LogP contribution in [-0.2, 0) is 18.4 Å². The van der Waals surface area contributed by atoms with E-state index in [4.69, 9.17) is 5.73 Å². The number of rotatable bonds is 10. The number of benzene rings is 1. The number of nitrogens with zero attached hydrogens (tertiary/aromatic N) is 6. The van der Waals surface area contributed by atoms with Crippen LogP contribution in [0.1, 0.15) is 31.7 Å². The van der Waals surface area contributed by atoms with Gasteiger partial charge in [-0.1, -0.05) is 12.1 Å². The number of amides is 1. The maximum atomic E-state index is 15.7. The van der Waals surface area contributed by atoms with E-state index in [0.29, 0.717) is 31.6 Å². The van der Waals surface area contributed by atoms with Crippen molar-refractivity contribution in [2.75, 3.05) is 36.4 Å². The summed E-state index contributed by atoms with van der Waals surface area (Å²) in [6.45, 7) is 3.15. The molecule has 0 spiro atoms. The molecule has 1 aliphatic carbocycles. The molecule has 39 heavy (non-hydrogen) atoms. The molecule has 1 amide bonds. The van der Waals surface area contributed by atoms with Crippen molar-refractivity contribution in [3.63, 3.8) is 0 Å². The lowest BCUT2D eigenvalue weighted by molar-refractivity contribution is -0.121. The van der Waals surface area contributed by atoms with Gasteiger partial charge in [-0.25, -0.2) is 14.4 Å². The summed E-state index contributed by atoms with van der Waals surface area (Å²) in [5.41, 5.74) is 6.18. The second-order valence-electron chi connectivity index (χ2n) is 10.8. The lowest BCUT2D eigenvalue weighted by atomic mass is 9.82. The molecule has 2 fully saturated rings. The van der Waals surface area contributed by atoms with Gasteiger partial charge in [0.15, 0.2) is 11.6 Å². The number of aromatic nitrogens is 4. The van der Waals surface area contributed by atoms with E-state index in [1.54, 1.807) is 35.8 Å². The van der Waals surface area contributed by atoms with E-state index >= 15 is 8.78 Å². The number of hydrogen-bond donors (Lipinski definition) is 3. The lowest BCUT2D eigenvalue weighted by Gasteiger charge is -2.42. The molecule has 2 aliphatic rings. The molecule has 5 rings (SSSR count). The average Bonchev–Trinajstić information content (AvgIpc) is 3.62. The Morgan fingerprint density at radius 2 is 2.05 bits per heavy atom. The normalized spacial score (nSPS) is 21.6. The highest BCUT2D eigenvalue weighted by atomic mass is 19.1. The first-order chi connectivity index (χ1) is 18.6. The number of halogens is 2. The first kappa shape index (κ1) is 26.9. The van der Waals surface area contributed by atoms with Crippen LogP contribution in [0.15, 0.2) is 36.9 Å². The van der Waals surface area contributed by atoms with Crippen LogP contribution >= 0.6 is 0 Å². The van der Waals surface area contributed by atoms with Crippen LogP contribution < -0.4 is 16.0 Å². The van der Waals surface area contributed by atoms with Crippen LogP contribution in [0.25, 0.3) is 11.1 Å². The summed E-state index contributed by atoms with van der Waals surface area (Å²) in [6, 6.07) is 5.10. The molecule has 2 atom stereocenters. The van der Waals surface area contributed by atoms with Gasteiger partial charge in [0.25, 0.3) is 0 Å². The molecule has 0 radical (unpaired) electrons. The summed E-state index contributed by atoms with van der Waals surface area (Å²) in [7, 11) is 1.80. The molecule has 3 heterocycles. The fourth-order valence-electron chi connectivity index (χ4n) is 5.26. The molecule has 1 saturated heterocycles. The van der Waals surface area contributed by atoms with Gasteiger partial charge in [-0.3, -0.25) is 14.4 Å². The lowest BCUT2D eigenvalue weighted by Crippen LogP contribution is -2.55. The largest absolute Gasteiger partial charge is 0.388 e. The monoisotopic (exact) mass is 540 g/mol. The maximum absolute atomic E-state index is 15.7. The number of nitrogens with two attached hydrogens (primary N) is 1. The van der Waals surface area contributed by atoms with Crippen LogP contribution in [0.2, 0.25) is 0 Å². The van der Waals surface area contributed by atoms with Crippen molar-refractivity contribution in [3.05, 3.63) is 54.1 Å². The van der Waals surface area contributed by atoms with Gasteiger partial charge >= 0.3 is 0 Å². The number of carbonyl (C=O) groups excluding carboxylic acids is 1. The molecule has 0 bridgehead atoms. The van der Waals surface area contributed by atoms with Crippen molar-refractivity contribution in [2.45, 2.75) is 44.4 Å². The molecule has 1 aliphatic heterocycles. The Hall–Kier alpha value is -3.64. The molecule has 12 heteroatoms. The fourth-order valence-corrected chi connectivity index (χ4v) is 5.26. The van der Waals surface area contributed by atoms with Crippen molar-refractivity contribution >= 4 is 17.5 Å². The Bertz CT molecular complexity index is 1340. The molecule has 3 aromatic rings. The minimum absolute atomic E-state index is 0.0356. The summed E-state index contributed by atoms with van der Waals surface area (Å²) in [6.07, 6.45) is 7.14. The number of β-amino-alcohol motifs (C(OH)–C–C–N with tert-alkyl or cyclic N) is 1. The first-order valence-corrected chi connectivity index (χ1v) is 13.1. The van der Waals surface area contributed by atoms with Gasteiger partial charge in [-0.05, 0) is 44.4 Å². The Balaban J connectivity index is 1.29. The van der Waals surface area contributed by atoms with Crippen molar-refractivity contribution in [3.8, 4) is 11.1 Å². The number of aryl methyl sites for hydroxylation is 1. The molecule has 1 saturated carbocycles. The predicted molar refractivity (Wildman–Crippen MR) is 143 cm³/mol. The summed E-state index contributed by atoms with van der Waals surface area (Å²) < 4.78 is 32.5. The van der Waals surface area contributed by atoms with Crippen LogP contribution in [0.4, 0.5) is 20.4 Å². The molecule has 2 aromatic heterocycles. The summed E-state index contributed by atoms with van der Waals surface area (Å²) >= 11 is 0. The SMILES string of the molecule is Cn1cc(-c2ccc(CN(c3ncnc(NC[C@@H]4CCN(CC(N)=O)C[C@]4(C)O)c3F)C3CC3)c(F)c2)cn1. The van der Waals surface area contributed by atoms with E-state index in [0.717, 1.165) is 24.0 Å².